The normalized spacial score (nSPS) is 14.2. The predicted molar refractivity (Wildman–Crippen MR) is 118 cm³/mol. The van der Waals surface area contributed by atoms with Gasteiger partial charge in [0.25, 0.3) is 5.91 Å². The van der Waals surface area contributed by atoms with Crippen LogP contribution in [-0.2, 0) is 5.54 Å². The van der Waals surface area contributed by atoms with Crippen LogP contribution in [0.2, 0.25) is 0 Å². The number of anilines is 1. The molecule has 0 unspecified atom stereocenters. The van der Waals surface area contributed by atoms with Gasteiger partial charge < -0.3 is 9.47 Å². The van der Waals surface area contributed by atoms with Crippen LogP contribution in [0, 0.1) is 3.82 Å². The number of amides is 1. The van der Waals surface area contributed by atoms with Gasteiger partial charge in [0.2, 0.25) is 0 Å². The van der Waals surface area contributed by atoms with E-state index in [0.29, 0.717) is 11.3 Å². The lowest BCUT2D eigenvalue weighted by atomic mass is 9.86. The van der Waals surface area contributed by atoms with E-state index in [-0.39, 0.29) is 5.91 Å². The molecule has 4 nitrogen and oxygen atoms in total. The molecule has 3 aromatic rings. The summed E-state index contributed by atoms with van der Waals surface area (Å²) in [5.74, 6) is 1.35. The molecule has 144 valence electrons. The molecule has 0 saturated heterocycles. The summed E-state index contributed by atoms with van der Waals surface area (Å²) in [6.45, 7) is 4.13. The van der Waals surface area contributed by atoms with Gasteiger partial charge in [-0.1, -0.05) is 32.9 Å². The van der Waals surface area contributed by atoms with Gasteiger partial charge in [-0.25, -0.2) is 0 Å². The highest BCUT2D eigenvalue weighted by molar-refractivity contribution is 7.80. The number of hydrogen-bond donors (Lipinski definition) is 0. The standard InChI is InChI=1S/C21H19NO3S3/c1-21(2)18-17(20(26)28-27-18)15-10-9-14(25-4)11-16(15)22(21)19(23)12-5-7-13(24-3)8-6-12/h5-11H,1-4H3. The van der Waals surface area contributed by atoms with Crippen LogP contribution in [0.1, 0.15) is 29.1 Å². The fraction of sp³-hybridized carbons (Fsp3) is 0.238. The largest absolute Gasteiger partial charge is 0.497 e. The third-order valence-corrected chi connectivity index (χ3v) is 8.33. The number of carbonyl (C=O) groups excluding carboxylic acids is 1. The molecule has 0 fully saturated rings. The number of methoxy groups -OCH3 is 2. The van der Waals surface area contributed by atoms with Gasteiger partial charge in [-0.15, -0.1) is 0 Å². The zero-order chi connectivity index (χ0) is 20.1. The third kappa shape index (κ3) is 2.85. The average molecular weight is 430 g/mol. The third-order valence-electron chi connectivity index (χ3n) is 5.00. The molecular formula is C21H19NO3S3. The first-order valence-electron chi connectivity index (χ1n) is 8.69. The summed E-state index contributed by atoms with van der Waals surface area (Å²) in [5.41, 5.74) is 2.91. The summed E-state index contributed by atoms with van der Waals surface area (Å²) in [4.78, 5) is 16.6. The first-order valence-corrected chi connectivity index (χ1v) is 11.2. The Kier molecular flexibility index (Phi) is 4.77. The van der Waals surface area contributed by atoms with E-state index in [1.807, 2.05) is 23.1 Å². The Balaban J connectivity index is 1.93. The fourth-order valence-electron chi connectivity index (χ4n) is 3.56. The summed E-state index contributed by atoms with van der Waals surface area (Å²) in [5, 5.41) is 0. The Morgan fingerprint density at radius 3 is 2.29 bits per heavy atom. The van der Waals surface area contributed by atoms with Gasteiger partial charge in [0.1, 0.15) is 15.3 Å². The summed E-state index contributed by atoms with van der Waals surface area (Å²) >= 11 is 5.62. The van der Waals surface area contributed by atoms with Crippen molar-refractivity contribution in [2.24, 2.45) is 0 Å². The molecule has 0 aliphatic carbocycles. The van der Waals surface area contributed by atoms with Crippen LogP contribution < -0.4 is 14.4 Å². The molecule has 2 aromatic carbocycles. The van der Waals surface area contributed by atoms with Crippen molar-refractivity contribution < 1.29 is 14.3 Å². The zero-order valence-corrected chi connectivity index (χ0v) is 18.4. The van der Waals surface area contributed by atoms with Crippen molar-refractivity contribution in [1.82, 2.24) is 0 Å². The second-order valence-corrected chi connectivity index (χ2v) is 9.79. The molecule has 2 heterocycles. The van der Waals surface area contributed by atoms with Crippen LogP contribution in [0.5, 0.6) is 11.5 Å². The maximum atomic E-state index is 13.6. The van der Waals surface area contributed by atoms with Crippen LogP contribution in [0.3, 0.4) is 0 Å². The van der Waals surface area contributed by atoms with Crippen molar-refractivity contribution in [2.75, 3.05) is 19.1 Å². The van der Waals surface area contributed by atoms with Crippen molar-refractivity contribution in [3.8, 4) is 22.6 Å². The Morgan fingerprint density at radius 2 is 1.64 bits per heavy atom. The van der Waals surface area contributed by atoms with Crippen LogP contribution in [-0.4, -0.2) is 20.1 Å². The molecule has 0 radical (unpaired) electrons. The molecule has 0 N–H and O–H groups in total. The molecule has 0 atom stereocenters. The summed E-state index contributed by atoms with van der Waals surface area (Å²) < 4.78 is 11.5. The molecule has 28 heavy (non-hydrogen) atoms. The van der Waals surface area contributed by atoms with E-state index in [9.17, 15) is 4.79 Å². The lowest BCUT2D eigenvalue weighted by Gasteiger charge is -2.43. The molecule has 1 aliphatic heterocycles. The van der Waals surface area contributed by atoms with Crippen LogP contribution in [0.15, 0.2) is 42.5 Å². The Bertz CT molecular complexity index is 1110. The molecule has 1 aliphatic rings. The lowest BCUT2D eigenvalue weighted by molar-refractivity contribution is 0.0961. The van der Waals surface area contributed by atoms with E-state index in [1.54, 1.807) is 59.2 Å². The highest BCUT2D eigenvalue weighted by Crippen LogP contribution is 2.53. The molecule has 4 rings (SSSR count). The van der Waals surface area contributed by atoms with Gasteiger partial charge in [-0.2, -0.15) is 0 Å². The number of fused-ring (bicyclic) bond motifs is 3. The van der Waals surface area contributed by atoms with E-state index in [2.05, 4.69) is 13.8 Å². The predicted octanol–water partition coefficient (Wildman–Crippen LogP) is 6.12. The molecule has 0 bridgehead atoms. The second-order valence-electron chi connectivity index (χ2n) is 6.97. The minimum Gasteiger partial charge on any atom is -0.497 e. The smallest absolute Gasteiger partial charge is 0.259 e. The Hall–Kier alpha value is -2.22. The van der Waals surface area contributed by atoms with E-state index in [1.165, 1.54) is 0 Å². The minimum atomic E-state index is -0.538. The molecule has 0 saturated carbocycles. The number of hydrogen-bond acceptors (Lipinski definition) is 6. The fourth-order valence-corrected chi connectivity index (χ4v) is 6.84. The number of benzene rings is 2. The summed E-state index contributed by atoms with van der Waals surface area (Å²) in [6.07, 6.45) is 0. The number of nitrogens with zero attached hydrogens (tertiary/aromatic N) is 1. The maximum absolute atomic E-state index is 13.6. The van der Waals surface area contributed by atoms with Crippen molar-refractivity contribution >= 4 is 44.5 Å². The van der Waals surface area contributed by atoms with Gasteiger partial charge in [0, 0.05) is 22.8 Å². The summed E-state index contributed by atoms with van der Waals surface area (Å²) in [6, 6.07) is 13.0. The van der Waals surface area contributed by atoms with Crippen molar-refractivity contribution in [3.05, 3.63) is 56.7 Å². The van der Waals surface area contributed by atoms with E-state index >= 15 is 0 Å². The van der Waals surface area contributed by atoms with E-state index in [0.717, 1.165) is 31.3 Å². The van der Waals surface area contributed by atoms with E-state index in [4.69, 9.17) is 21.7 Å². The SMILES string of the molecule is COc1ccc(C(=O)N2c3cc(OC)ccc3-c3c(ssc3=S)C2(C)C)cc1. The van der Waals surface area contributed by atoms with Gasteiger partial charge >= 0.3 is 0 Å². The van der Waals surface area contributed by atoms with E-state index < -0.39 is 5.54 Å². The quantitative estimate of drug-likeness (QED) is 0.371. The Labute approximate surface area is 176 Å². The monoisotopic (exact) mass is 429 g/mol. The van der Waals surface area contributed by atoms with Crippen LogP contribution >= 0.6 is 32.9 Å². The topological polar surface area (TPSA) is 38.8 Å². The molecular weight excluding hydrogens is 410 g/mol. The van der Waals surface area contributed by atoms with Gasteiger partial charge in [-0.3, -0.25) is 9.69 Å². The van der Waals surface area contributed by atoms with Gasteiger partial charge in [-0.05, 0) is 50.2 Å². The van der Waals surface area contributed by atoms with Crippen LogP contribution in [0.25, 0.3) is 11.1 Å². The van der Waals surface area contributed by atoms with Crippen molar-refractivity contribution in [1.29, 1.82) is 0 Å². The van der Waals surface area contributed by atoms with Crippen molar-refractivity contribution in [3.63, 3.8) is 0 Å². The van der Waals surface area contributed by atoms with Crippen LogP contribution in [0.4, 0.5) is 5.69 Å². The number of ether oxygens (including phenoxy) is 2. The molecule has 7 heteroatoms. The molecule has 1 aromatic heterocycles. The maximum Gasteiger partial charge on any atom is 0.259 e. The minimum absolute atomic E-state index is 0.0721. The average Bonchev–Trinajstić information content (AvgIpc) is 3.10. The highest BCUT2D eigenvalue weighted by Gasteiger charge is 2.43. The van der Waals surface area contributed by atoms with Crippen molar-refractivity contribution in [2.45, 2.75) is 19.4 Å². The molecule has 1 amide bonds. The number of rotatable bonds is 3. The van der Waals surface area contributed by atoms with Gasteiger partial charge in [0.05, 0.1) is 30.3 Å². The first-order chi connectivity index (χ1) is 13.4. The second kappa shape index (κ2) is 6.99. The zero-order valence-electron chi connectivity index (χ0n) is 15.9. The Morgan fingerprint density at radius 1 is 1.00 bits per heavy atom. The molecule has 0 spiro atoms. The first kappa shape index (κ1) is 19.1. The van der Waals surface area contributed by atoms with Gasteiger partial charge in [0.15, 0.2) is 0 Å². The highest BCUT2D eigenvalue weighted by atomic mass is 32.9. The number of carbonyl (C=O) groups is 1. The lowest BCUT2D eigenvalue weighted by Crippen LogP contribution is -2.47. The summed E-state index contributed by atoms with van der Waals surface area (Å²) in [7, 11) is 6.47.